The standard InChI is InChI=1S/C37H31NO/c1-24-18-19-30-31(22-24)37(2,3)32-23-34(27-15-9-11-17-29(27)36(30)32)38(25-12-6-5-7-13-25)33-20-21-35(39-4)28-16-10-8-14-26(28)33/h5-23H,1-4H3. The number of nitrogens with zero attached hydrogens (tertiary/aromatic N) is 1. The van der Waals surface area contributed by atoms with Gasteiger partial charge in [-0.15, -0.1) is 0 Å². The number of anilines is 3. The lowest BCUT2D eigenvalue weighted by Gasteiger charge is -2.30. The fourth-order valence-corrected chi connectivity index (χ4v) is 6.48. The first-order chi connectivity index (χ1) is 19.0. The van der Waals surface area contributed by atoms with Crippen molar-refractivity contribution >= 4 is 38.6 Å². The molecule has 0 heterocycles. The molecule has 0 aliphatic heterocycles. The number of aryl methyl sites for hydroxylation is 1. The summed E-state index contributed by atoms with van der Waals surface area (Å²) in [6, 6.07) is 41.8. The Hall–Kier alpha value is -4.56. The van der Waals surface area contributed by atoms with Crippen molar-refractivity contribution in [1.29, 1.82) is 0 Å². The van der Waals surface area contributed by atoms with Gasteiger partial charge in [0.25, 0.3) is 0 Å². The molecule has 6 aromatic rings. The van der Waals surface area contributed by atoms with Crippen LogP contribution in [0.4, 0.5) is 17.1 Å². The molecule has 0 saturated carbocycles. The Morgan fingerprint density at radius 3 is 1.95 bits per heavy atom. The molecule has 0 saturated heterocycles. The molecule has 190 valence electrons. The van der Waals surface area contributed by atoms with Crippen LogP contribution in [0, 0.1) is 6.92 Å². The molecule has 0 N–H and O–H groups in total. The molecule has 0 radical (unpaired) electrons. The Balaban J connectivity index is 1.59. The van der Waals surface area contributed by atoms with Crippen LogP contribution in [0.3, 0.4) is 0 Å². The zero-order chi connectivity index (χ0) is 26.7. The number of fused-ring (bicyclic) bond motifs is 6. The van der Waals surface area contributed by atoms with Crippen molar-refractivity contribution in [3.8, 4) is 16.9 Å². The van der Waals surface area contributed by atoms with Gasteiger partial charge in [0, 0.05) is 27.3 Å². The summed E-state index contributed by atoms with van der Waals surface area (Å²) in [7, 11) is 1.74. The number of para-hydroxylation sites is 1. The molecule has 0 atom stereocenters. The molecule has 7 rings (SSSR count). The topological polar surface area (TPSA) is 12.5 Å². The monoisotopic (exact) mass is 505 g/mol. The summed E-state index contributed by atoms with van der Waals surface area (Å²) in [5.74, 6) is 0.883. The van der Waals surface area contributed by atoms with Crippen molar-refractivity contribution in [3.63, 3.8) is 0 Å². The second kappa shape index (κ2) is 8.74. The molecular weight excluding hydrogens is 474 g/mol. The van der Waals surface area contributed by atoms with Crippen molar-refractivity contribution in [1.82, 2.24) is 0 Å². The van der Waals surface area contributed by atoms with Crippen molar-refractivity contribution < 1.29 is 4.74 Å². The van der Waals surface area contributed by atoms with E-state index in [2.05, 4.69) is 141 Å². The second-order valence-corrected chi connectivity index (χ2v) is 11.0. The third-order valence-electron chi connectivity index (χ3n) is 8.39. The highest BCUT2D eigenvalue weighted by atomic mass is 16.5. The van der Waals surface area contributed by atoms with Crippen LogP contribution >= 0.6 is 0 Å². The van der Waals surface area contributed by atoms with Gasteiger partial charge >= 0.3 is 0 Å². The molecule has 0 bridgehead atoms. The quantitative estimate of drug-likeness (QED) is 0.236. The van der Waals surface area contributed by atoms with Gasteiger partial charge in [-0.2, -0.15) is 0 Å². The number of benzene rings is 6. The van der Waals surface area contributed by atoms with Gasteiger partial charge in [0.2, 0.25) is 0 Å². The third kappa shape index (κ3) is 3.48. The molecular formula is C37H31NO. The number of methoxy groups -OCH3 is 1. The van der Waals surface area contributed by atoms with Crippen LogP contribution in [-0.4, -0.2) is 7.11 Å². The Morgan fingerprint density at radius 1 is 0.590 bits per heavy atom. The molecule has 39 heavy (non-hydrogen) atoms. The zero-order valence-corrected chi connectivity index (χ0v) is 22.8. The van der Waals surface area contributed by atoms with Crippen LogP contribution in [-0.2, 0) is 5.41 Å². The summed E-state index contributed by atoms with van der Waals surface area (Å²) < 4.78 is 5.76. The smallest absolute Gasteiger partial charge is 0.126 e. The Kier molecular flexibility index (Phi) is 5.28. The molecule has 0 spiro atoms. The highest BCUT2D eigenvalue weighted by Gasteiger charge is 2.38. The van der Waals surface area contributed by atoms with Crippen LogP contribution < -0.4 is 9.64 Å². The summed E-state index contributed by atoms with van der Waals surface area (Å²) in [5.41, 5.74) is 10.1. The second-order valence-electron chi connectivity index (χ2n) is 11.0. The van der Waals surface area contributed by atoms with Crippen LogP contribution in [0.25, 0.3) is 32.7 Å². The maximum Gasteiger partial charge on any atom is 0.126 e. The predicted octanol–water partition coefficient (Wildman–Crippen LogP) is 10.1. The van der Waals surface area contributed by atoms with Gasteiger partial charge in [0.05, 0.1) is 18.5 Å². The molecule has 0 amide bonds. The first kappa shape index (κ1) is 23.5. The Bertz CT molecular complexity index is 1880. The van der Waals surface area contributed by atoms with E-state index in [4.69, 9.17) is 4.74 Å². The molecule has 2 nitrogen and oxygen atoms in total. The Labute approximate surface area is 230 Å². The van der Waals surface area contributed by atoms with E-state index in [0.29, 0.717) is 0 Å². The summed E-state index contributed by atoms with van der Waals surface area (Å²) in [4.78, 5) is 2.43. The van der Waals surface area contributed by atoms with E-state index < -0.39 is 0 Å². The maximum atomic E-state index is 5.76. The predicted molar refractivity (Wildman–Crippen MR) is 165 cm³/mol. The van der Waals surface area contributed by atoms with Gasteiger partial charge < -0.3 is 9.64 Å². The normalized spacial score (nSPS) is 13.3. The minimum Gasteiger partial charge on any atom is -0.496 e. The van der Waals surface area contributed by atoms with Crippen LogP contribution in [0.1, 0.15) is 30.5 Å². The molecule has 6 aromatic carbocycles. The largest absolute Gasteiger partial charge is 0.496 e. The van der Waals surface area contributed by atoms with E-state index in [1.165, 1.54) is 44.3 Å². The minimum absolute atomic E-state index is 0.111. The van der Waals surface area contributed by atoms with Gasteiger partial charge in [-0.1, -0.05) is 104 Å². The van der Waals surface area contributed by atoms with Gasteiger partial charge in [-0.25, -0.2) is 0 Å². The number of rotatable bonds is 4. The van der Waals surface area contributed by atoms with Crippen LogP contribution in [0.5, 0.6) is 5.75 Å². The highest BCUT2D eigenvalue weighted by Crippen LogP contribution is 2.55. The van der Waals surface area contributed by atoms with Crippen molar-refractivity contribution in [2.24, 2.45) is 0 Å². The van der Waals surface area contributed by atoms with Gasteiger partial charge in [-0.05, 0) is 64.9 Å². The van der Waals surface area contributed by atoms with Crippen molar-refractivity contribution in [2.45, 2.75) is 26.2 Å². The van der Waals surface area contributed by atoms with E-state index >= 15 is 0 Å². The van der Waals surface area contributed by atoms with E-state index in [9.17, 15) is 0 Å². The number of ether oxygens (including phenoxy) is 1. The summed E-state index contributed by atoms with van der Waals surface area (Å²) in [5, 5.41) is 4.79. The lowest BCUT2D eigenvalue weighted by molar-refractivity contribution is 0.420. The van der Waals surface area contributed by atoms with Crippen molar-refractivity contribution in [2.75, 3.05) is 12.0 Å². The van der Waals surface area contributed by atoms with Gasteiger partial charge in [0.15, 0.2) is 0 Å². The molecule has 2 heteroatoms. The lowest BCUT2D eigenvalue weighted by Crippen LogP contribution is -2.17. The highest BCUT2D eigenvalue weighted by molar-refractivity contribution is 6.12. The summed E-state index contributed by atoms with van der Waals surface area (Å²) >= 11 is 0. The molecule has 0 unspecified atom stereocenters. The maximum absolute atomic E-state index is 5.76. The molecule has 0 aromatic heterocycles. The van der Waals surface area contributed by atoms with Gasteiger partial charge in [0.1, 0.15) is 5.75 Å². The van der Waals surface area contributed by atoms with E-state index in [1.54, 1.807) is 7.11 Å². The molecule has 1 aliphatic carbocycles. The SMILES string of the molecule is COc1ccc(N(c2ccccc2)c2cc3c(c4ccccc24)-c2ccc(C)cc2C3(C)C)c2ccccc12. The average Bonchev–Trinajstić information content (AvgIpc) is 3.19. The number of hydrogen-bond donors (Lipinski definition) is 0. The lowest BCUT2D eigenvalue weighted by atomic mass is 9.81. The average molecular weight is 506 g/mol. The fraction of sp³-hybridized carbons (Fsp3) is 0.135. The van der Waals surface area contributed by atoms with E-state index in [0.717, 1.165) is 27.9 Å². The third-order valence-corrected chi connectivity index (χ3v) is 8.39. The summed E-state index contributed by atoms with van der Waals surface area (Å²) in [6.07, 6.45) is 0. The molecule has 0 fully saturated rings. The first-order valence-electron chi connectivity index (χ1n) is 13.6. The van der Waals surface area contributed by atoms with Gasteiger partial charge in [-0.3, -0.25) is 0 Å². The number of hydrogen-bond acceptors (Lipinski definition) is 2. The summed E-state index contributed by atoms with van der Waals surface area (Å²) in [6.45, 7) is 6.92. The van der Waals surface area contributed by atoms with E-state index in [1.807, 2.05) is 0 Å². The zero-order valence-electron chi connectivity index (χ0n) is 22.8. The van der Waals surface area contributed by atoms with Crippen LogP contribution in [0.2, 0.25) is 0 Å². The Morgan fingerprint density at radius 2 is 1.23 bits per heavy atom. The fourth-order valence-electron chi connectivity index (χ4n) is 6.48. The molecule has 1 aliphatic rings. The van der Waals surface area contributed by atoms with Crippen LogP contribution in [0.15, 0.2) is 115 Å². The minimum atomic E-state index is -0.111. The van der Waals surface area contributed by atoms with E-state index in [-0.39, 0.29) is 5.41 Å². The first-order valence-corrected chi connectivity index (χ1v) is 13.6. The van der Waals surface area contributed by atoms with Crippen molar-refractivity contribution in [3.05, 3.63) is 132 Å².